The van der Waals surface area contributed by atoms with Crippen LogP contribution in [0.15, 0.2) is 48.5 Å². The lowest BCUT2D eigenvalue weighted by Crippen LogP contribution is -2.32. The molecule has 3 amide bonds. The Labute approximate surface area is 190 Å². The number of nitrogens with zero attached hydrogens (tertiary/aromatic N) is 1. The summed E-state index contributed by atoms with van der Waals surface area (Å²) in [6.45, 7) is 8.28. The molecular weight excluding hydrogens is 404 g/mol. The zero-order chi connectivity index (χ0) is 23.3. The van der Waals surface area contributed by atoms with Crippen LogP contribution >= 0.6 is 0 Å². The first-order valence-corrected chi connectivity index (χ1v) is 11.3. The molecule has 0 aliphatic carbocycles. The van der Waals surface area contributed by atoms with Crippen LogP contribution in [0.3, 0.4) is 0 Å². The van der Waals surface area contributed by atoms with Crippen molar-refractivity contribution in [2.75, 3.05) is 36.8 Å². The highest BCUT2D eigenvalue weighted by Gasteiger charge is 2.14. The number of hydrogen-bond acceptors (Lipinski definition) is 4. The molecule has 7 heteroatoms. The maximum Gasteiger partial charge on any atom is 0.253 e. The summed E-state index contributed by atoms with van der Waals surface area (Å²) in [4.78, 5) is 38.9. The van der Waals surface area contributed by atoms with Gasteiger partial charge < -0.3 is 20.9 Å². The van der Waals surface area contributed by atoms with E-state index in [1.54, 1.807) is 48.5 Å². The smallest absolute Gasteiger partial charge is 0.253 e. The molecule has 0 heterocycles. The molecule has 172 valence electrons. The Kier molecular flexibility index (Phi) is 10.2. The van der Waals surface area contributed by atoms with Crippen molar-refractivity contribution in [3.63, 3.8) is 0 Å². The normalized spacial score (nSPS) is 10.3. The average Bonchev–Trinajstić information content (AvgIpc) is 2.81. The summed E-state index contributed by atoms with van der Waals surface area (Å²) in [5.41, 5.74) is 2.46. The van der Waals surface area contributed by atoms with E-state index in [1.807, 2.05) is 11.8 Å². The minimum Gasteiger partial charge on any atom is -0.376 e. The molecule has 0 aliphatic heterocycles. The molecule has 7 nitrogen and oxygen atoms in total. The molecule has 0 saturated carbocycles. The van der Waals surface area contributed by atoms with Crippen LogP contribution in [-0.4, -0.2) is 48.8 Å². The van der Waals surface area contributed by atoms with Crippen molar-refractivity contribution in [1.29, 1.82) is 0 Å². The zero-order valence-electron chi connectivity index (χ0n) is 19.2. The number of carbonyl (C=O) groups excluding carboxylic acids is 3. The van der Waals surface area contributed by atoms with E-state index < -0.39 is 0 Å². The van der Waals surface area contributed by atoms with Crippen LogP contribution < -0.4 is 16.0 Å². The van der Waals surface area contributed by atoms with Crippen molar-refractivity contribution in [2.24, 2.45) is 0 Å². The topological polar surface area (TPSA) is 90.5 Å². The van der Waals surface area contributed by atoms with Crippen molar-refractivity contribution >= 4 is 29.1 Å². The van der Waals surface area contributed by atoms with Gasteiger partial charge in [-0.1, -0.05) is 26.8 Å². The van der Waals surface area contributed by atoms with E-state index in [-0.39, 0.29) is 24.3 Å². The minimum absolute atomic E-state index is 0.0286. The van der Waals surface area contributed by atoms with E-state index in [9.17, 15) is 14.4 Å². The second-order valence-electron chi connectivity index (χ2n) is 7.61. The van der Waals surface area contributed by atoms with Gasteiger partial charge in [0.2, 0.25) is 5.91 Å². The second kappa shape index (κ2) is 13.1. The lowest BCUT2D eigenvalue weighted by atomic mass is 10.1. The molecule has 0 bridgehead atoms. The Balaban J connectivity index is 1.89. The third-order valence-corrected chi connectivity index (χ3v) is 4.80. The molecule has 0 unspecified atom stereocenters. The SMILES string of the molecule is CCCNC(=O)c1cccc(NC(=O)CNc2ccc(C(=O)N(CCC)CCC)cc2)c1. The van der Waals surface area contributed by atoms with Gasteiger partial charge in [-0.25, -0.2) is 0 Å². The number of rotatable bonds is 12. The molecular formula is C25H34N4O3. The van der Waals surface area contributed by atoms with Crippen LogP contribution in [0, 0.1) is 0 Å². The first-order valence-electron chi connectivity index (χ1n) is 11.3. The summed E-state index contributed by atoms with van der Waals surface area (Å²) < 4.78 is 0. The van der Waals surface area contributed by atoms with Crippen molar-refractivity contribution in [1.82, 2.24) is 10.2 Å². The Morgan fingerprint density at radius 3 is 2.12 bits per heavy atom. The quantitative estimate of drug-likeness (QED) is 0.465. The Morgan fingerprint density at radius 1 is 0.812 bits per heavy atom. The van der Waals surface area contributed by atoms with Crippen LogP contribution in [-0.2, 0) is 4.79 Å². The van der Waals surface area contributed by atoms with Gasteiger partial charge in [0.1, 0.15) is 0 Å². The third kappa shape index (κ3) is 7.72. The van der Waals surface area contributed by atoms with E-state index >= 15 is 0 Å². The molecule has 0 radical (unpaired) electrons. The largest absolute Gasteiger partial charge is 0.376 e. The van der Waals surface area contributed by atoms with Gasteiger partial charge in [-0.05, 0) is 61.7 Å². The van der Waals surface area contributed by atoms with Gasteiger partial charge in [-0.15, -0.1) is 0 Å². The standard InChI is InChI=1S/C25H34N4O3/c1-4-14-26-24(31)20-8-7-9-22(17-20)28-23(30)18-27-21-12-10-19(11-13-21)25(32)29(15-5-2)16-6-3/h7-13,17,27H,4-6,14-16,18H2,1-3H3,(H,26,31)(H,28,30). The summed E-state index contributed by atoms with van der Waals surface area (Å²) in [6, 6.07) is 14.0. The number of amides is 3. The van der Waals surface area contributed by atoms with E-state index in [0.29, 0.717) is 23.4 Å². The van der Waals surface area contributed by atoms with Crippen LogP contribution in [0.25, 0.3) is 0 Å². The second-order valence-corrected chi connectivity index (χ2v) is 7.61. The molecule has 2 aromatic rings. The fraction of sp³-hybridized carbons (Fsp3) is 0.400. The first kappa shape index (κ1) is 24.9. The maximum atomic E-state index is 12.7. The average molecular weight is 439 g/mol. The lowest BCUT2D eigenvalue weighted by Gasteiger charge is -2.21. The lowest BCUT2D eigenvalue weighted by molar-refractivity contribution is -0.114. The highest BCUT2D eigenvalue weighted by molar-refractivity contribution is 5.98. The van der Waals surface area contributed by atoms with Crippen molar-refractivity contribution in [3.05, 3.63) is 59.7 Å². The monoisotopic (exact) mass is 438 g/mol. The summed E-state index contributed by atoms with van der Waals surface area (Å²) in [6.07, 6.45) is 2.71. The predicted octanol–water partition coefficient (Wildman–Crippen LogP) is 4.14. The molecule has 0 spiro atoms. The van der Waals surface area contributed by atoms with Crippen LogP contribution in [0.4, 0.5) is 11.4 Å². The van der Waals surface area contributed by atoms with Gasteiger partial charge in [-0.2, -0.15) is 0 Å². The van der Waals surface area contributed by atoms with Gasteiger partial charge in [-0.3, -0.25) is 14.4 Å². The van der Waals surface area contributed by atoms with Crippen molar-refractivity contribution in [3.8, 4) is 0 Å². The molecule has 0 aromatic heterocycles. The fourth-order valence-corrected chi connectivity index (χ4v) is 3.23. The Morgan fingerprint density at radius 2 is 1.50 bits per heavy atom. The van der Waals surface area contributed by atoms with Crippen LogP contribution in [0.2, 0.25) is 0 Å². The number of hydrogen-bond donors (Lipinski definition) is 3. The summed E-state index contributed by atoms with van der Waals surface area (Å²) in [7, 11) is 0. The molecule has 3 N–H and O–H groups in total. The summed E-state index contributed by atoms with van der Waals surface area (Å²) in [5, 5.41) is 8.67. The molecule has 2 rings (SSSR count). The van der Waals surface area contributed by atoms with E-state index in [1.165, 1.54) is 0 Å². The first-order chi connectivity index (χ1) is 15.5. The van der Waals surface area contributed by atoms with E-state index in [2.05, 4.69) is 29.8 Å². The van der Waals surface area contributed by atoms with Crippen molar-refractivity contribution in [2.45, 2.75) is 40.0 Å². The van der Waals surface area contributed by atoms with Gasteiger partial charge >= 0.3 is 0 Å². The predicted molar refractivity (Wildman–Crippen MR) is 129 cm³/mol. The fourth-order valence-electron chi connectivity index (χ4n) is 3.23. The number of carbonyl (C=O) groups is 3. The van der Waals surface area contributed by atoms with E-state index in [4.69, 9.17) is 0 Å². The molecule has 0 aliphatic rings. The maximum absolute atomic E-state index is 12.7. The van der Waals surface area contributed by atoms with Gasteiger partial charge in [0.25, 0.3) is 11.8 Å². The van der Waals surface area contributed by atoms with Gasteiger partial charge in [0.15, 0.2) is 0 Å². The molecule has 0 atom stereocenters. The zero-order valence-corrected chi connectivity index (χ0v) is 19.2. The molecule has 0 saturated heterocycles. The Hall–Kier alpha value is -3.35. The van der Waals surface area contributed by atoms with Gasteiger partial charge in [0.05, 0.1) is 6.54 Å². The summed E-state index contributed by atoms with van der Waals surface area (Å²) >= 11 is 0. The molecule has 2 aromatic carbocycles. The Bertz CT molecular complexity index is 890. The summed E-state index contributed by atoms with van der Waals surface area (Å²) in [5.74, 6) is -0.360. The highest BCUT2D eigenvalue weighted by Crippen LogP contribution is 2.13. The van der Waals surface area contributed by atoms with E-state index in [0.717, 1.165) is 38.0 Å². The highest BCUT2D eigenvalue weighted by atomic mass is 16.2. The minimum atomic E-state index is -0.228. The number of benzene rings is 2. The number of nitrogens with one attached hydrogen (secondary N) is 3. The van der Waals surface area contributed by atoms with Crippen LogP contribution in [0.1, 0.15) is 60.7 Å². The van der Waals surface area contributed by atoms with Crippen LogP contribution in [0.5, 0.6) is 0 Å². The number of anilines is 2. The third-order valence-electron chi connectivity index (χ3n) is 4.80. The molecule has 32 heavy (non-hydrogen) atoms. The van der Waals surface area contributed by atoms with Crippen molar-refractivity contribution < 1.29 is 14.4 Å². The molecule has 0 fully saturated rings. The van der Waals surface area contributed by atoms with Gasteiger partial charge in [0, 0.05) is 42.1 Å².